The van der Waals surface area contributed by atoms with Crippen molar-refractivity contribution in [2.24, 2.45) is 28.6 Å². The Morgan fingerprint density at radius 3 is 2.52 bits per heavy atom. The summed E-state index contributed by atoms with van der Waals surface area (Å²) >= 11 is 0. The van der Waals surface area contributed by atoms with Gasteiger partial charge in [0.15, 0.2) is 12.4 Å². The summed E-state index contributed by atoms with van der Waals surface area (Å²) < 4.78 is 4.95. The highest BCUT2D eigenvalue weighted by Crippen LogP contribution is 2.66. The fraction of sp³-hybridized carbons (Fsp3) is 0.720. The summed E-state index contributed by atoms with van der Waals surface area (Å²) in [5.74, 6) is -2.62. The number of carboxylic acid groups (broad SMARTS) is 1. The maximum Gasteiger partial charge on any atom is 0.306 e. The van der Waals surface area contributed by atoms with Crippen molar-refractivity contribution in [1.29, 1.82) is 0 Å². The highest BCUT2D eigenvalue weighted by molar-refractivity contribution is 5.95. The van der Waals surface area contributed by atoms with Gasteiger partial charge in [-0.15, -0.1) is 0 Å². The zero-order valence-corrected chi connectivity index (χ0v) is 19.2. The molecule has 0 aliphatic heterocycles. The van der Waals surface area contributed by atoms with Gasteiger partial charge in [0.25, 0.3) is 0 Å². The Morgan fingerprint density at radius 1 is 1.09 bits per heavy atom. The van der Waals surface area contributed by atoms with E-state index in [1.54, 1.807) is 13.0 Å². The lowest BCUT2D eigenvalue weighted by Gasteiger charge is -2.57. The predicted octanol–water partition coefficient (Wildman–Crippen LogP) is 2.41. The van der Waals surface area contributed by atoms with Crippen LogP contribution in [0.15, 0.2) is 11.6 Å². The second kappa shape index (κ2) is 8.15. The number of hydrogen-bond acceptors (Lipinski definition) is 7. The van der Waals surface area contributed by atoms with Gasteiger partial charge in [0, 0.05) is 24.2 Å². The number of carboxylic acids is 1. The van der Waals surface area contributed by atoms with Crippen LogP contribution in [0.1, 0.15) is 71.6 Å². The third-order valence-corrected chi connectivity index (χ3v) is 9.18. The molecule has 8 nitrogen and oxygen atoms in total. The second-order valence-electron chi connectivity index (χ2n) is 10.8. The lowest BCUT2D eigenvalue weighted by atomic mass is 9.46. The molecule has 4 rings (SSSR count). The molecule has 8 heteroatoms. The van der Waals surface area contributed by atoms with E-state index >= 15 is 0 Å². The lowest BCUT2D eigenvalue weighted by Crippen LogP contribution is -2.61. The van der Waals surface area contributed by atoms with Gasteiger partial charge >= 0.3 is 11.9 Å². The quantitative estimate of drug-likeness (QED) is 0.577. The maximum atomic E-state index is 13.6. The van der Waals surface area contributed by atoms with Crippen molar-refractivity contribution in [2.75, 3.05) is 6.61 Å². The van der Waals surface area contributed by atoms with Crippen LogP contribution in [0.4, 0.5) is 0 Å². The van der Waals surface area contributed by atoms with E-state index in [2.05, 4.69) is 6.92 Å². The van der Waals surface area contributed by atoms with Gasteiger partial charge in [-0.25, -0.2) is 0 Å². The zero-order valence-electron chi connectivity index (χ0n) is 19.2. The second-order valence-corrected chi connectivity index (χ2v) is 10.8. The third-order valence-electron chi connectivity index (χ3n) is 9.18. The SMILES string of the molecule is C[C@]12CCC(=O)C=C1CCC1[C@@H]2C(=O)C[C@@]2(C)[C@H]1CC[C@]2(O)C(=O)COC(=O)CCC(=O)O. The number of esters is 1. The normalized spacial score (nSPS) is 39.7. The van der Waals surface area contributed by atoms with E-state index in [-0.39, 0.29) is 54.0 Å². The number of allylic oxidation sites excluding steroid dienone is 1. The van der Waals surface area contributed by atoms with Crippen molar-refractivity contribution in [3.63, 3.8) is 0 Å². The number of ketones is 3. The molecule has 0 heterocycles. The summed E-state index contributed by atoms with van der Waals surface area (Å²) in [7, 11) is 0. The zero-order chi connectivity index (χ0) is 24.2. The van der Waals surface area contributed by atoms with E-state index in [0.29, 0.717) is 19.3 Å². The average molecular weight is 461 g/mol. The molecule has 180 valence electrons. The van der Waals surface area contributed by atoms with Crippen LogP contribution in [0.5, 0.6) is 0 Å². The van der Waals surface area contributed by atoms with Gasteiger partial charge in [-0.3, -0.25) is 24.0 Å². The molecule has 3 fully saturated rings. The molecule has 6 atom stereocenters. The number of rotatable bonds is 6. The Bertz CT molecular complexity index is 950. The number of fused-ring (bicyclic) bond motifs is 5. The van der Waals surface area contributed by atoms with Crippen molar-refractivity contribution < 1.29 is 38.9 Å². The number of hydrogen-bond donors (Lipinski definition) is 2. The molecule has 0 saturated heterocycles. The van der Waals surface area contributed by atoms with Crippen LogP contribution < -0.4 is 0 Å². The van der Waals surface area contributed by atoms with E-state index < -0.39 is 41.8 Å². The smallest absolute Gasteiger partial charge is 0.306 e. The van der Waals surface area contributed by atoms with Gasteiger partial charge in [0.1, 0.15) is 11.4 Å². The molecular formula is C25H32O8. The molecule has 3 saturated carbocycles. The van der Waals surface area contributed by atoms with Crippen LogP contribution in [0, 0.1) is 28.6 Å². The largest absolute Gasteiger partial charge is 0.481 e. The van der Waals surface area contributed by atoms with Crippen molar-refractivity contribution in [3.8, 4) is 0 Å². The third kappa shape index (κ3) is 3.66. The molecule has 33 heavy (non-hydrogen) atoms. The fourth-order valence-electron chi connectivity index (χ4n) is 7.39. The van der Waals surface area contributed by atoms with Gasteiger partial charge in [0.2, 0.25) is 5.78 Å². The average Bonchev–Trinajstić information content (AvgIpc) is 3.02. The summed E-state index contributed by atoms with van der Waals surface area (Å²) in [5, 5.41) is 20.2. The maximum absolute atomic E-state index is 13.6. The van der Waals surface area contributed by atoms with E-state index in [0.717, 1.165) is 18.4 Å². The van der Waals surface area contributed by atoms with E-state index in [1.165, 1.54) is 0 Å². The van der Waals surface area contributed by atoms with Crippen LogP contribution in [-0.2, 0) is 28.7 Å². The monoisotopic (exact) mass is 460 g/mol. The molecule has 2 N–H and O–H groups in total. The molecule has 0 aromatic heterocycles. The van der Waals surface area contributed by atoms with E-state index in [4.69, 9.17) is 9.84 Å². The molecular weight excluding hydrogens is 428 g/mol. The first-order valence-electron chi connectivity index (χ1n) is 11.8. The molecule has 0 spiro atoms. The number of ether oxygens (including phenoxy) is 1. The lowest BCUT2D eigenvalue weighted by molar-refractivity contribution is -0.174. The van der Waals surface area contributed by atoms with E-state index in [1.807, 2.05) is 0 Å². The summed E-state index contributed by atoms with van der Waals surface area (Å²) in [6.45, 7) is 3.26. The Morgan fingerprint density at radius 2 is 1.82 bits per heavy atom. The van der Waals surface area contributed by atoms with Gasteiger partial charge in [-0.1, -0.05) is 19.4 Å². The van der Waals surface area contributed by atoms with Gasteiger partial charge in [0.05, 0.1) is 12.8 Å². The topological polar surface area (TPSA) is 135 Å². The van der Waals surface area contributed by atoms with Crippen LogP contribution in [-0.4, -0.2) is 51.7 Å². The van der Waals surface area contributed by atoms with Crippen molar-refractivity contribution in [2.45, 2.75) is 77.2 Å². The van der Waals surface area contributed by atoms with Crippen LogP contribution in [0.3, 0.4) is 0 Å². The first kappa shape index (κ1) is 23.8. The molecule has 0 amide bonds. The number of carbonyl (C=O) groups excluding carboxylic acids is 4. The van der Waals surface area contributed by atoms with Crippen molar-refractivity contribution in [3.05, 3.63) is 11.6 Å². The standard InChI is InChI=1S/C25H32O8/c1-23-9-7-15(26)11-14(23)3-4-16-17-8-10-25(32,24(17,2)12-18(27)22(16)23)19(28)13-33-21(31)6-5-20(29)30/h11,16-17,22,32H,3-10,12-13H2,1-2H3,(H,29,30)/t16?,17-,22+,23-,24-,25-/m0/s1. The highest BCUT2D eigenvalue weighted by atomic mass is 16.5. The minimum atomic E-state index is -1.77. The number of aliphatic carboxylic acids is 1. The van der Waals surface area contributed by atoms with Gasteiger partial charge in [-0.05, 0) is 55.4 Å². The summed E-state index contributed by atoms with van der Waals surface area (Å²) in [6.07, 6.45) is 4.46. The Labute approximate surface area is 192 Å². The minimum Gasteiger partial charge on any atom is -0.481 e. The molecule has 0 aromatic rings. The summed E-state index contributed by atoms with van der Waals surface area (Å²) in [5.41, 5.74) is -2.00. The first-order chi connectivity index (χ1) is 15.4. The number of Topliss-reactive ketones (excluding diaryl/α,β-unsaturated/α-hetero) is 2. The number of aliphatic hydroxyl groups is 1. The Kier molecular flexibility index (Phi) is 5.88. The number of carbonyl (C=O) groups is 5. The van der Waals surface area contributed by atoms with Crippen LogP contribution in [0.25, 0.3) is 0 Å². The van der Waals surface area contributed by atoms with Gasteiger partial charge < -0.3 is 14.9 Å². The fourth-order valence-corrected chi connectivity index (χ4v) is 7.39. The van der Waals surface area contributed by atoms with Gasteiger partial charge in [-0.2, -0.15) is 0 Å². The Hall–Kier alpha value is -2.35. The van der Waals surface area contributed by atoms with E-state index in [9.17, 15) is 29.1 Å². The molecule has 0 aromatic carbocycles. The summed E-state index contributed by atoms with van der Waals surface area (Å²) in [6, 6.07) is 0. The van der Waals surface area contributed by atoms with Crippen molar-refractivity contribution in [1.82, 2.24) is 0 Å². The molecule has 4 aliphatic rings. The molecule has 0 bridgehead atoms. The minimum absolute atomic E-state index is 0.0205. The first-order valence-corrected chi connectivity index (χ1v) is 11.8. The van der Waals surface area contributed by atoms with Crippen LogP contribution >= 0.6 is 0 Å². The molecule has 1 unspecified atom stereocenters. The Balaban J connectivity index is 1.53. The van der Waals surface area contributed by atoms with Crippen molar-refractivity contribution >= 4 is 29.3 Å². The predicted molar refractivity (Wildman–Crippen MR) is 115 cm³/mol. The highest BCUT2D eigenvalue weighted by Gasteiger charge is 2.68. The molecule has 4 aliphatic carbocycles. The molecule has 0 radical (unpaired) electrons. The van der Waals surface area contributed by atoms with Crippen LogP contribution in [0.2, 0.25) is 0 Å². The summed E-state index contributed by atoms with van der Waals surface area (Å²) in [4.78, 5) is 61.0.